The summed E-state index contributed by atoms with van der Waals surface area (Å²) in [7, 11) is 0. The number of likely N-dealkylation sites (N-methyl/N-ethyl adjacent to an activating group) is 1. The molecule has 0 heterocycles. The van der Waals surface area contributed by atoms with Crippen LogP contribution in [0.25, 0.3) is 0 Å². The second-order valence-electron chi connectivity index (χ2n) is 3.91. The number of rotatable bonds is 6. The van der Waals surface area contributed by atoms with E-state index in [2.05, 4.69) is 29.4 Å². The summed E-state index contributed by atoms with van der Waals surface area (Å²) in [6.07, 6.45) is 0. The van der Waals surface area contributed by atoms with Crippen LogP contribution in [-0.2, 0) is 9.59 Å². The molecule has 0 aliphatic rings. The van der Waals surface area contributed by atoms with E-state index in [0.29, 0.717) is 6.54 Å². The Morgan fingerprint density at radius 1 is 1.12 bits per heavy atom. The largest absolute Gasteiger partial charge is 0.347 e. The molecule has 0 aromatic rings. The highest BCUT2D eigenvalue weighted by Crippen LogP contribution is 1.84. The molecule has 0 radical (unpaired) electrons. The van der Waals surface area contributed by atoms with Crippen LogP contribution in [0.2, 0.25) is 0 Å². The van der Waals surface area contributed by atoms with Gasteiger partial charge in [-0.25, -0.2) is 0 Å². The van der Waals surface area contributed by atoms with Crippen molar-refractivity contribution in [1.82, 2.24) is 15.5 Å². The number of nitrogens with one attached hydrogen (secondary N) is 2. The standard InChI is InChI=1S/C11H23N3O2/c1-5-14(6-2)8-7-12-10(15)11(16)13-9(3)4/h9H,5-8H2,1-4H3,(H,12,15)(H,13,16). The maximum absolute atomic E-state index is 11.3. The highest BCUT2D eigenvalue weighted by molar-refractivity contribution is 6.35. The maximum atomic E-state index is 11.3. The third-order valence-corrected chi connectivity index (χ3v) is 2.23. The Hall–Kier alpha value is -1.10. The molecule has 0 aromatic carbocycles. The van der Waals surface area contributed by atoms with Crippen LogP contribution in [0.4, 0.5) is 0 Å². The van der Waals surface area contributed by atoms with Crippen molar-refractivity contribution in [3.05, 3.63) is 0 Å². The zero-order chi connectivity index (χ0) is 12.6. The van der Waals surface area contributed by atoms with Crippen molar-refractivity contribution in [2.24, 2.45) is 0 Å². The molecular formula is C11H23N3O2. The Morgan fingerprint density at radius 3 is 2.12 bits per heavy atom. The fourth-order valence-electron chi connectivity index (χ4n) is 1.28. The van der Waals surface area contributed by atoms with E-state index in [1.165, 1.54) is 0 Å². The zero-order valence-electron chi connectivity index (χ0n) is 10.7. The molecule has 16 heavy (non-hydrogen) atoms. The molecule has 5 heteroatoms. The van der Waals surface area contributed by atoms with Crippen LogP contribution in [0.1, 0.15) is 27.7 Å². The summed E-state index contributed by atoms with van der Waals surface area (Å²) in [5.74, 6) is -1.12. The van der Waals surface area contributed by atoms with Crippen molar-refractivity contribution < 1.29 is 9.59 Å². The topological polar surface area (TPSA) is 61.4 Å². The number of nitrogens with zero attached hydrogens (tertiary/aromatic N) is 1. The molecule has 94 valence electrons. The highest BCUT2D eigenvalue weighted by atomic mass is 16.2. The number of amides is 2. The van der Waals surface area contributed by atoms with Crippen LogP contribution in [0.5, 0.6) is 0 Å². The predicted molar refractivity (Wildman–Crippen MR) is 64.1 cm³/mol. The van der Waals surface area contributed by atoms with Gasteiger partial charge in [0.2, 0.25) is 0 Å². The van der Waals surface area contributed by atoms with Crippen LogP contribution < -0.4 is 10.6 Å². The van der Waals surface area contributed by atoms with Gasteiger partial charge in [0.05, 0.1) is 0 Å². The lowest BCUT2D eigenvalue weighted by Crippen LogP contribution is -2.44. The molecule has 0 spiro atoms. The van der Waals surface area contributed by atoms with Crippen LogP contribution in [0, 0.1) is 0 Å². The molecule has 0 rings (SSSR count). The third kappa shape index (κ3) is 6.40. The van der Waals surface area contributed by atoms with Crippen LogP contribution in [0.3, 0.4) is 0 Å². The average molecular weight is 229 g/mol. The molecule has 0 saturated carbocycles. The molecule has 0 fully saturated rings. The Balaban J connectivity index is 3.76. The van der Waals surface area contributed by atoms with E-state index < -0.39 is 11.8 Å². The van der Waals surface area contributed by atoms with Crippen molar-refractivity contribution in [2.75, 3.05) is 26.2 Å². The normalized spacial score (nSPS) is 10.6. The molecular weight excluding hydrogens is 206 g/mol. The minimum absolute atomic E-state index is 0.0129. The van der Waals surface area contributed by atoms with Gasteiger partial charge in [0.15, 0.2) is 0 Å². The first kappa shape index (κ1) is 14.9. The monoisotopic (exact) mass is 229 g/mol. The third-order valence-electron chi connectivity index (χ3n) is 2.23. The number of carbonyl (C=O) groups excluding carboxylic acids is 2. The Bertz CT molecular complexity index is 225. The van der Waals surface area contributed by atoms with E-state index in [0.717, 1.165) is 19.6 Å². The van der Waals surface area contributed by atoms with Crippen molar-refractivity contribution in [2.45, 2.75) is 33.7 Å². The highest BCUT2D eigenvalue weighted by Gasteiger charge is 2.13. The van der Waals surface area contributed by atoms with Gasteiger partial charge in [0, 0.05) is 19.1 Å². The quantitative estimate of drug-likeness (QED) is 0.629. The van der Waals surface area contributed by atoms with Crippen LogP contribution in [0.15, 0.2) is 0 Å². The van der Waals surface area contributed by atoms with Gasteiger partial charge in [-0.15, -0.1) is 0 Å². The first-order valence-corrected chi connectivity index (χ1v) is 5.82. The predicted octanol–water partition coefficient (Wildman–Crippen LogP) is -0.0310. The first-order valence-electron chi connectivity index (χ1n) is 5.82. The van der Waals surface area contributed by atoms with Crippen molar-refractivity contribution >= 4 is 11.8 Å². The summed E-state index contributed by atoms with van der Waals surface area (Å²) in [6, 6.07) is -0.0129. The van der Waals surface area contributed by atoms with Gasteiger partial charge in [-0.2, -0.15) is 0 Å². The van der Waals surface area contributed by atoms with Crippen LogP contribution in [-0.4, -0.2) is 48.9 Å². The van der Waals surface area contributed by atoms with E-state index in [4.69, 9.17) is 0 Å². The van der Waals surface area contributed by atoms with Crippen molar-refractivity contribution in [1.29, 1.82) is 0 Å². The van der Waals surface area contributed by atoms with E-state index in [1.54, 1.807) is 0 Å². The van der Waals surface area contributed by atoms with Gasteiger partial charge in [-0.05, 0) is 26.9 Å². The summed E-state index contributed by atoms with van der Waals surface area (Å²) >= 11 is 0. The SMILES string of the molecule is CCN(CC)CCNC(=O)C(=O)NC(C)C. The molecule has 2 amide bonds. The van der Waals surface area contributed by atoms with E-state index in [-0.39, 0.29) is 6.04 Å². The summed E-state index contributed by atoms with van der Waals surface area (Å²) in [5.41, 5.74) is 0. The van der Waals surface area contributed by atoms with Gasteiger partial charge < -0.3 is 15.5 Å². The molecule has 0 bridgehead atoms. The lowest BCUT2D eigenvalue weighted by Gasteiger charge is -2.17. The molecule has 0 unspecified atom stereocenters. The fourth-order valence-corrected chi connectivity index (χ4v) is 1.28. The average Bonchev–Trinajstić information content (AvgIpc) is 2.23. The molecule has 0 aromatic heterocycles. The molecule has 0 aliphatic carbocycles. The molecule has 0 saturated heterocycles. The number of carbonyl (C=O) groups is 2. The molecule has 0 aliphatic heterocycles. The summed E-state index contributed by atoms with van der Waals surface area (Å²) < 4.78 is 0. The van der Waals surface area contributed by atoms with Crippen LogP contribution >= 0.6 is 0 Å². The van der Waals surface area contributed by atoms with E-state index in [1.807, 2.05) is 13.8 Å². The molecule has 0 atom stereocenters. The molecule has 5 nitrogen and oxygen atoms in total. The smallest absolute Gasteiger partial charge is 0.309 e. The fraction of sp³-hybridized carbons (Fsp3) is 0.818. The number of hydrogen-bond acceptors (Lipinski definition) is 3. The van der Waals surface area contributed by atoms with Crippen molar-refractivity contribution in [3.63, 3.8) is 0 Å². The minimum atomic E-state index is -0.561. The lowest BCUT2D eigenvalue weighted by atomic mass is 10.4. The molecule has 2 N–H and O–H groups in total. The Labute approximate surface area is 97.6 Å². The van der Waals surface area contributed by atoms with Gasteiger partial charge in [-0.1, -0.05) is 13.8 Å². The summed E-state index contributed by atoms with van der Waals surface area (Å²) in [5, 5.41) is 5.14. The van der Waals surface area contributed by atoms with E-state index in [9.17, 15) is 9.59 Å². The minimum Gasteiger partial charge on any atom is -0.347 e. The lowest BCUT2D eigenvalue weighted by molar-refractivity contribution is -0.139. The Kier molecular flexibility index (Phi) is 7.54. The second kappa shape index (κ2) is 8.10. The summed E-state index contributed by atoms with van der Waals surface area (Å²) in [6.45, 7) is 10.9. The van der Waals surface area contributed by atoms with Gasteiger partial charge in [0.1, 0.15) is 0 Å². The second-order valence-corrected chi connectivity index (χ2v) is 3.91. The number of hydrogen-bond donors (Lipinski definition) is 2. The van der Waals surface area contributed by atoms with Gasteiger partial charge in [0.25, 0.3) is 0 Å². The van der Waals surface area contributed by atoms with Gasteiger partial charge in [-0.3, -0.25) is 9.59 Å². The first-order chi connectivity index (χ1) is 7.51. The van der Waals surface area contributed by atoms with Gasteiger partial charge >= 0.3 is 11.8 Å². The Morgan fingerprint density at radius 2 is 1.69 bits per heavy atom. The zero-order valence-corrected chi connectivity index (χ0v) is 10.7. The maximum Gasteiger partial charge on any atom is 0.309 e. The van der Waals surface area contributed by atoms with E-state index >= 15 is 0 Å². The summed E-state index contributed by atoms with van der Waals surface area (Å²) in [4.78, 5) is 24.7. The van der Waals surface area contributed by atoms with Crippen molar-refractivity contribution in [3.8, 4) is 0 Å².